The molecule has 1 spiro atoms. The molecule has 2 unspecified atom stereocenters. The molecule has 1 aliphatic carbocycles. The molecule has 0 aromatic heterocycles. The minimum atomic E-state index is -0.155. The maximum atomic E-state index is 13.4. The first-order valence-corrected chi connectivity index (χ1v) is 6.96. The molecule has 1 aliphatic heterocycles. The predicted octanol–water partition coefficient (Wildman–Crippen LogP) is 2.40. The molecule has 0 bridgehead atoms. The Morgan fingerprint density at radius 3 is 3.05 bits per heavy atom. The predicted molar refractivity (Wildman–Crippen MR) is 74.5 cm³/mol. The molecule has 3 nitrogen and oxygen atoms in total. The zero-order valence-corrected chi connectivity index (χ0v) is 11.5. The molecule has 3 rings (SSSR count). The van der Waals surface area contributed by atoms with Crippen molar-refractivity contribution < 1.29 is 4.39 Å². The second-order valence-electron chi connectivity index (χ2n) is 5.63. The maximum Gasteiger partial charge on any atom is 0.192 e. The van der Waals surface area contributed by atoms with Gasteiger partial charge in [-0.05, 0) is 49.4 Å². The summed E-state index contributed by atoms with van der Waals surface area (Å²) < 4.78 is 13.4. The van der Waals surface area contributed by atoms with Crippen molar-refractivity contribution in [1.82, 2.24) is 4.90 Å². The Morgan fingerprint density at radius 2 is 2.32 bits per heavy atom. The lowest BCUT2D eigenvalue weighted by molar-refractivity contribution is 0.153. The number of aliphatic imine (C=N–C) groups is 1. The van der Waals surface area contributed by atoms with Crippen LogP contribution in [0.15, 0.2) is 23.2 Å². The van der Waals surface area contributed by atoms with Crippen LogP contribution < -0.4 is 5.73 Å². The first-order valence-electron chi connectivity index (χ1n) is 6.96. The Hall–Kier alpha value is -1.58. The molecule has 1 aromatic rings. The van der Waals surface area contributed by atoms with E-state index in [2.05, 4.69) is 23.7 Å². The monoisotopic (exact) mass is 261 g/mol. The summed E-state index contributed by atoms with van der Waals surface area (Å²) in [5.41, 5.74) is 8.28. The molecule has 0 radical (unpaired) electrons. The van der Waals surface area contributed by atoms with E-state index in [9.17, 15) is 4.39 Å². The normalized spacial score (nSPS) is 26.7. The molecular formula is C15H20FN3. The van der Waals surface area contributed by atoms with Gasteiger partial charge in [0.15, 0.2) is 5.96 Å². The van der Waals surface area contributed by atoms with Crippen molar-refractivity contribution in [2.24, 2.45) is 10.7 Å². The van der Waals surface area contributed by atoms with Crippen molar-refractivity contribution in [3.8, 4) is 0 Å². The minimum Gasteiger partial charge on any atom is -0.370 e. The Morgan fingerprint density at radius 1 is 1.53 bits per heavy atom. The van der Waals surface area contributed by atoms with Crippen molar-refractivity contribution >= 4 is 5.96 Å². The molecule has 2 aliphatic rings. The summed E-state index contributed by atoms with van der Waals surface area (Å²) in [6.07, 6.45) is 2.90. The molecule has 2 atom stereocenters. The van der Waals surface area contributed by atoms with Gasteiger partial charge in [0.05, 0.1) is 12.1 Å². The molecule has 2 N–H and O–H groups in total. The molecular weight excluding hydrogens is 241 g/mol. The average Bonchev–Trinajstić information content (AvgIpc) is 2.92. The van der Waals surface area contributed by atoms with E-state index >= 15 is 0 Å². The summed E-state index contributed by atoms with van der Waals surface area (Å²) >= 11 is 0. The Balaban J connectivity index is 2.07. The molecule has 19 heavy (non-hydrogen) atoms. The van der Waals surface area contributed by atoms with Crippen LogP contribution in [0.4, 0.5) is 4.39 Å². The zero-order chi connectivity index (χ0) is 13.6. The molecule has 1 aromatic carbocycles. The van der Waals surface area contributed by atoms with Crippen molar-refractivity contribution in [2.45, 2.75) is 44.7 Å². The number of benzene rings is 1. The standard InChI is InChI=1S/C15H20FN3/c1-3-10(2)19-14(17)18-9-15(19)7-6-11-8-12(16)4-5-13(11)15/h4-5,8,10H,3,6-7,9H2,1-2H3,(H2,17,18). The van der Waals surface area contributed by atoms with Gasteiger partial charge >= 0.3 is 0 Å². The smallest absolute Gasteiger partial charge is 0.192 e. The van der Waals surface area contributed by atoms with Crippen LogP contribution >= 0.6 is 0 Å². The van der Waals surface area contributed by atoms with Crippen LogP contribution in [-0.4, -0.2) is 23.4 Å². The third kappa shape index (κ3) is 1.66. The molecule has 1 heterocycles. The number of rotatable bonds is 2. The Bertz CT molecular complexity index is 540. The third-order valence-electron chi connectivity index (χ3n) is 4.62. The number of halogens is 1. The average molecular weight is 261 g/mol. The van der Waals surface area contributed by atoms with Gasteiger partial charge in [0.2, 0.25) is 0 Å². The largest absolute Gasteiger partial charge is 0.370 e. The summed E-state index contributed by atoms with van der Waals surface area (Å²) in [6, 6.07) is 5.48. The number of nitrogens with two attached hydrogens (primary N) is 1. The topological polar surface area (TPSA) is 41.6 Å². The number of fused-ring (bicyclic) bond motifs is 2. The molecule has 0 saturated heterocycles. The van der Waals surface area contributed by atoms with Crippen LogP contribution in [0.1, 0.15) is 37.8 Å². The van der Waals surface area contributed by atoms with E-state index in [-0.39, 0.29) is 11.4 Å². The number of aryl methyl sites for hydroxylation is 1. The van der Waals surface area contributed by atoms with Crippen molar-refractivity contribution in [2.75, 3.05) is 6.54 Å². The second kappa shape index (κ2) is 4.22. The summed E-state index contributed by atoms with van der Waals surface area (Å²) in [5, 5.41) is 0. The molecule has 0 fully saturated rings. The Kier molecular flexibility index (Phi) is 2.77. The summed E-state index contributed by atoms with van der Waals surface area (Å²) in [5.74, 6) is 0.476. The maximum absolute atomic E-state index is 13.4. The summed E-state index contributed by atoms with van der Waals surface area (Å²) in [6.45, 7) is 5.03. The van der Waals surface area contributed by atoms with E-state index in [1.165, 1.54) is 5.56 Å². The van der Waals surface area contributed by atoms with Crippen LogP contribution in [0.25, 0.3) is 0 Å². The fraction of sp³-hybridized carbons (Fsp3) is 0.533. The van der Waals surface area contributed by atoms with Gasteiger partial charge in [0, 0.05) is 6.04 Å². The molecule has 102 valence electrons. The molecule has 0 amide bonds. The fourth-order valence-electron chi connectivity index (χ4n) is 3.53. The van der Waals surface area contributed by atoms with E-state index in [4.69, 9.17) is 5.73 Å². The number of hydrogen-bond donors (Lipinski definition) is 1. The van der Waals surface area contributed by atoms with Crippen LogP contribution in [0.5, 0.6) is 0 Å². The number of guanidine groups is 1. The van der Waals surface area contributed by atoms with E-state index in [0.717, 1.165) is 24.8 Å². The highest BCUT2D eigenvalue weighted by Gasteiger charge is 2.49. The lowest BCUT2D eigenvalue weighted by atomic mass is 9.89. The number of nitrogens with zero attached hydrogens (tertiary/aromatic N) is 2. The quantitative estimate of drug-likeness (QED) is 0.888. The molecule has 0 saturated carbocycles. The zero-order valence-electron chi connectivity index (χ0n) is 11.5. The highest BCUT2D eigenvalue weighted by atomic mass is 19.1. The fourth-order valence-corrected chi connectivity index (χ4v) is 3.53. The van der Waals surface area contributed by atoms with E-state index in [1.807, 2.05) is 6.07 Å². The molecule has 4 heteroatoms. The summed E-state index contributed by atoms with van der Waals surface area (Å²) in [4.78, 5) is 6.72. The van der Waals surface area contributed by atoms with E-state index in [0.29, 0.717) is 18.5 Å². The van der Waals surface area contributed by atoms with Gasteiger partial charge < -0.3 is 10.6 Å². The SMILES string of the molecule is CCC(C)N1C(N)=NCC12CCc1cc(F)ccc12. The van der Waals surface area contributed by atoms with Crippen LogP contribution in [-0.2, 0) is 12.0 Å². The van der Waals surface area contributed by atoms with Gasteiger partial charge in [-0.3, -0.25) is 4.99 Å². The second-order valence-corrected chi connectivity index (χ2v) is 5.63. The van der Waals surface area contributed by atoms with Gasteiger partial charge in [0.1, 0.15) is 5.82 Å². The highest BCUT2D eigenvalue weighted by molar-refractivity contribution is 5.82. The lowest BCUT2D eigenvalue weighted by Crippen LogP contribution is -2.52. The minimum absolute atomic E-state index is 0.136. The lowest BCUT2D eigenvalue weighted by Gasteiger charge is -2.41. The van der Waals surface area contributed by atoms with E-state index < -0.39 is 0 Å². The van der Waals surface area contributed by atoms with E-state index in [1.54, 1.807) is 12.1 Å². The van der Waals surface area contributed by atoms with Crippen molar-refractivity contribution in [3.63, 3.8) is 0 Å². The summed E-state index contributed by atoms with van der Waals surface area (Å²) in [7, 11) is 0. The van der Waals surface area contributed by atoms with Gasteiger partial charge in [-0.15, -0.1) is 0 Å². The van der Waals surface area contributed by atoms with Crippen molar-refractivity contribution in [3.05, 3.63) is 35.1 Å². The first-order chi connectivity index (χ1) is 9.08. The highest BCUT2D eigenvalue weighted by Crippen LogP contribution is 2.45. The Labute approximate surface area is 113 Å². The van der Waals surface area contributed by atoms with Gasteiger partial charge in [0.25, 0.3) is 0 Å². The van der Waals surface area contributed by atoms with Gasteiger partial charge in [-0.25, -0.2) is 4.39 Å². The number of hydrogen-bond acceptors (Lipinski definition) is 3. The van der Waals surface area contributed by atoms with Gasteiger partial charge in [-0.2, -0.15) is 0 Å². The van der Waals surface area contributed by atoms with Crippen LogP contribution in [0, 0.1) is 5.82 Å². The van der Waals surface area contributed by atoms with Crippen LogP contribution in [0.3, 0.4) is 0 Å². The van der Waals surface area contributed by atoms with Gasteiger partial charge in [-0.1, -0.05) is 13.0 Å². The van der Waals surface area contributed by atoms with Crippen molar-refractivity contribution in [1.29, 1.82) is 0 Å². The van der Waals surface area contributed by atoms with Crippen LogP contribution in [0.2, 0.25) is 0 Å². The third-order valence-corrected chi connectivity index (χ3v) is 4.62. The first kappa shape index (κ1) is 12.5.